The molecular formula is C26H23I. The van der Waals surface area contributed by atoms with Crippen molar-refractivity contribution in [3.63, 3.8) is 0 Å². The van der Waals surface area contributed by atoms with Gasteiger partial charge < -0.3 is 0 Å². The molecule has 0 bridgehead atoms. The van der Waals surface area contributed by atoms with Gasteiger partial charge in [-0.25, -0.2) is 0 Å². The van der Waals surface area contributed by atoms with Gasteiger partial charge in [-0.2, -0.15) is 0 Å². The molecule has 0 saturated carbocycles. The van der Waals surface area contributed by atoms with E-state index < -0.39 is 0 Å². The Hall–Kier alpha value is -2.13. The molecule has 0 N–H and O–H groups in total. The lowest BCUT2D eigenvalue weighted by Crippen LogP contribution is -2.14. The third kappa shape index (κ3) is 3.29. The van der Waals surface area contributed by atoms with Crippen molar-refractivity contribution in [1.29, 1.82) is 0 Å². The Morgan fingerprint density at radius 2 is 1.30 bits per heavy atom. The first-order valence-electron chi connectivity index (χ1n) is 9.33. The Bertz CT molecular complexity index is 1070. The maximum Gasteiger partial charge on any atom is 0.0159 e. The van der Waals surface area contributed by atoms with Gasteiger partial charge in [0.2, 0.25) is 0 Å². The van der Waals surface area contributed by atoms with E-state index in [1.165, 1.54) is 42.5 Å². The molecule has 1 aliphatic rings. The van der Waals surface area contributed by atoms with Crippen LogP contribution in [-0.4, -0.2) is 0 Å². The SMILES string of the molecule is Cc1cccccc(-c2ccc3c(c2)C(C)(C)c2ccccc2-3)ccc1I. The zero-order valence-electron chi connectivity index (χ0n) is 16.0. The minimum Gasteiger partial charge on any atom is -0.0622 e. The van der Waals surface area contributed by atoms with Crippen molar-refractivity contribution < 1.29 is 0 Å². The average molecular weight is 462 g/mol. The first-order chi connectivity index (χ1) is 13.0. The van der Waals surface area contributed by atoms with E-state index in [2.05, 4.69) is 128 Å². The highest BCUT2D eigenvalue weighted by Gasteiger charge is 2.35. The number of benzene rings is 2. The Balaban J connectivity index is 1.89. The summed E-state index contributed by atoms with van der Waals surface area (Å²) >= 11 is 2.41. The van der Waals surface area contributed by atoms with Gasteiger partial charge in [-0.1, -0.05) is 86.6 Å². The quantitative estimate of drug-likeness (QED) is 0.325. The number of aryl methyl sites for hydroxylation is 1. The van der Waals surface area contributed by atoms with Crippen LogP contribution in [0.5, 0.6) is 0 Å². The molecule has 4 rings (SSSR count). The minimum atomic E-state index is 0.0334. The van der Waals surface area contributed by atoms with Crippen LogP contribution in [0.25, 0.3) is 22.3 Å². The predicted molar refractivity (Wildman–Crippen MR) is 125 cm³/mol. The van der Waals surface area contributed by atoms with Crippen molar-refractivity contribution in [3.8, 4) is 22.3 Å². The third-order valence-electron chi connectivity index (χ3n) is 5.55. The van der Waals surface area contributed by atoms with Crippen molar-refractivity contribution in [1.82, 2.24) is 0 Å². The van der Waals surface area contributed by atoms with E-state index in [-0.39, 0.29) is 5.41 Å². The molecule has 0 aromatic heterocycles. The second-order valence-electron chi connectivity index (χ2n) is 7.66. The zero-order chi connectivity index (χ0) is 19.0. The fraction of sp³-hybridized carbons (Fsp3) is 0.154. The molecule has 27 heavy (non-hydrogen) atoms. The lowest BCUT2D eigenvalue weighted by atomic mass is 9.81. The van der Waals surface area contributed by atoms with Crippen LogP contribution in [-0.2, 0) is 5.41 Å². The van der Waals surface area contributed by atoms with Gasteiger partial charge in [-0.05, 0) is 80.6 Å². The first-order valence-corrected chi connectivity index (χ1v) is 10.4. The summed E-state index contributed by atoms with van der Waals surface area (Å²) < 4.78 is 1.26. The van der Waals surface area contributed by atoms with Crippen LogP contribution in [0.3, 0.4) is 0 Å². The van der Waals surface area contributed by atoms with Crippen LogP contribution in [0.4, 0.5) is 0 Å². The molecule has 0 fully saturated rings. The summed E-state index contributed by atoms with van der Waals surface area (Å²) in [5.74, 6) is 0. The molecule has 1 heteroatoms. The smallest absolute Gasteiger partial charge is 0.0159 e. The van der Waals surface area contributed by atoms with Crippen molar-refractivity contribution in [2.45, 2.75) is 26.2 Å². The van der Waals surface area contributed by atoms with E-state index in [9.17, 15) is 0 Å². The molecule has 0 heterocycles. The van der Waals surface area contributed by atoms with E-state index in [0.29, 0.717) is 0 Å². The fourth-order valence-electron chi connectivity index (χ4n) is 3.93. The van der Waals surface area contributed by atoms with Gasteiger partial charge in [0.1, 0.15) is 0 Å². The minimum absolute atomic E-state index is 0.0334. The molecule has 0 saturated heterocycles. The van der Waals surface area contributed by atoms with Gasteiger partial charge in [-0.15, -0.1) is 0 Å². The molecule has 1 aliphatic carbocycles. The predicted octanol–water partition coefficient (Wildman–Crippen LogP) is 7.70. The molecule has 0 atom stereocenters. The van der Waals surface area contributed by atoms with Gasteiger partial charge in [0.25, 0.3) is 0 Å². The Labute approximate surface area is 175 Å². The monoisotopic (exact) mass is 462 g/mol. The lowest BCUT2D eigenvalue weighted by Gasteiger charge is -2.21. The van der Waals surface area contributed by atoms with Gasteiger partial charge in [0.15, 0.2) is 0 Å². The topological polar surface area (TPSA) is 0 Å². The summed E-state index contributed by atoms with van der Waals surface area (Å²) in [5, 5.41) is 0. The normalized spacial score (nSPS) is 13.5. The zero-order valence-corrected chi connectivity index (χ0v) is 18.1. The summed E-state index contributed by atoms with van der Waals surface area (Å²) in [6.07, 6.45) is 0. The number of fused-ring (bicyclic) bond motifs is 3. The van der Waals surface area contributed by atoms with Crippen LogP contribution in [0.2, 0.25) is 0 Å². The number of rotatable bonds is 1. The van der Waals surface area contributed by atoms with Crippen LogP contribution >= 0.6 is 22.6 Å². The maximum absolute atomic E-state index is 2.41. The molecule has 0 nitrogen and oxygen atoms in total. The van der Waals surface area contributed by atoms with E-state index in [1.807, 2.05) is 0 Å². The summed E-state index contributed by atoms with van der Waals surface area (Å²) in [5.41, 5.74) is 9.39. The van der Waals surface area contributed by atoms with Crippen molar-refractivity contribution >= 4 is 22.6 Å². The van der Waals surface area contributed by atoms with Gasteiger partial charge in [0.05, 0.1) is 0 Å². The van der Waals surface area contributed by atoms with E-state index in [0.717, 1.165) is 0 Å². The highest BCUT2D eigenvalue weighted by molar-refractivity contribution is 14.1. The second-order valence-corrected chi connectivity index (χ2v) is 8.82. The molecule has 0 unspecified atom stereocenters. The Kier molecular flexibility index (Phi) is 4.81. The standard InChI is InChI=1S/C26H23I/c1-18-9-5-4-6-10-19(14-16-25(18)27)20-13-15-22-21-11-7-8-12-23(21)26(2,3)24(22)17-20/h4-17H,1-3H3. The Morgan fingerprint density at radius 1 is 0.630 bits per heavy atom. The van der Waals surface area contributed by atoms with Crippen LogP contribution in [0, 0.1) is 10.5 Å². The van der Waals surface area contributed by atoms with E-state index >= 15 is 0 Å². The first kappa shape index (κ1) is 18.2. The van der Waals surface area contributed by atoms with Gasteiger partial charge >= 0.3 is 0 Å². The van der Waals surface area contributed by atoms with Gasteiger partial charge in [-0.3, -0.25) is 0 Å². The molecule has 0 spiro atoms. The summed E-state index contributed by atoms with van der Waals surface area (Å²) in [7, 11) is 0. The summed E-state index contributed by atoms with van der Waals surface area (Å²) in [6.45, 7) is 6.81. The highest BCUT2D eigenvalue weighted by Crippen LogP contribution is 2.49. The number of halogens is 1. The van der Waals surface area contributed by atoms with Crippen molar-refractivity contribution in [2.75, 3.05) is 0 Å². The molecule has 0 radical (unpaired) electrons. The number of hydrogen-bond acceptors (Lipinski definition) is 0. The fourth-order valence-corrected chi connectivity index (χ4v) is 4.29. The van der Waals surface area contributed by atoms with E-state index in [4.69, 9.17) is 0 Å². The van der Waals surface area contributed by atoms with Crippen LogP contribution < -0.4 is 0 Å². The maximum atomic E-state index is 2.41. The lowest BCUT2D eigenvalue weighted by molar-refractivity contribution is 0.660. The summed E-state index contributed by atoms with van der Waals surface area (Å²) in [6, 6.07) is 30.8. The molecule has 0 amide bonds. The third-order valence-corrected chi connectivity index (χ3v) is 6.76. The van der Waals surface area contributed by atoms with E-state index in [1.54, 1.807) is 0 Å². The van der Waals surface area contributed by atoms with Crippen molar-refractivity contribution in [2.24, 2.45) is 0 Å². The largest absolute Gasteiger partial charge is 0.0622 e. The van der Waals surface area contributed by atoms with Gasteiger partial charge in [0, 0.05) is 8.99 Å². The molecule has 0 aliphatic heterocycles. The Morgan fingerprint density at radius 3 is 2.15 bits per heavy atom. The molecule has 3 aromatic carbocycles. The number of hydrogen-bond donors (Lipinski definition) is 0. The highest BCUT2D eigenvalue weighted by atomic mass is 127. The second kappa shape index (κ2) is 7.12. The average Bonchev–Trinajstić information content (AvgIpc) is 2.91. The summed E-state index contributed by atoms with van der Waals surface area (Å²) in [4.78, 5) is 0. The van der Waals surface area contributed by atoms with Crippen LogP contribution in [0.1, 0.15) is 30.5 Å². The molecule has 134 valence electrons. The molecular weight excluding hydrogens is 439 g/mol. The van der Waals surface area contributed by atoms with Crippen LogP contribution in [0.15, 0.2) is 84.9 Å². The van der Waals surface area contributed by atoms with Crippen molar-refractivity contribution in [3.05, 3.63) is 105 Å². The molecule has 3 aromatic rings.